The number of hydrogen-bond donors (Lipinski definition) is 1. The molecule has 1 amide bonds. The fourth-order valence-electron chi connectivity index (χ4n) is 4.07. The molecule has 0 aliphatic heterocycles. The van der Waals surface area contributed by atoms with Crippen molar-refractivity contribution in [3.63, 3.8) is 0 Å². The topological polar surface area (TPSA) is 56.1 Å². The van der Waals surface area contributed by atoms with Gasteiger partial charge in [0.25, 0.3) is 5.91 Å². The van der Waals surface area contributed by atoms with Gasteiger partial charge in [0.15, 0.2) is 0 Å². The van der Waals surface area contributed by atoms with Crippen molar-refractivity contribution in [2.24, 2.45) is 0 Å². The maximum Gasteiger partial charge on any atom is 0.251 e. The van der Waals surface area contributed by atoms with Gasteiger partial charge in [-0.15, -0.1) is 0 Å². The molecule has 0 bridgehead atoms. The molecule has 0 unspecified atom stereocenters. The van der Waals surface area contributed by atoms with Crippen molar-refractivity contribution in [2.75, 3.05) is 13.2 Å². The summed E-state index contributed by atoms with van der Waals surface area (Å²) in [4.78, 5) is 17.1. The van der Waals surface area contributed by atoms with E-state index in [0.29, 0.717) is 31.1 Å². The van der Waals surface area contributed by atoms with Crippen molar-refractivity contribution < 1.29 is 13.9 Å². The van der Waals surface area contributed by atoms with E-state index in [1.54, 1.807) is 0 Å². The molecule has 0 spiro atoms. The van der Waals surface area contributed by atoms with E-state index in [2.05, 4.69) is 41.9 Å². The number of nitrogens with one attached hydrogen (secondary N) is 1. The first-order chi connectivity index (χ1) is 17.0. The molecule has 1 heterocycles. The lowest BCUT2D eigenvalue weighted by molar-refractivity contribution is 0.0954. The number of rotatable bonds is 11. The Hall–Kier alpha value is -3.67. The largest absolute Gasteiger partial charge is 0.494 e. The second-order valence-electron chi connectivity index (χ2n) is 8.96. The minimum atomic E-state index is -0.357. The first-order valence-corrected chi connectivity index (χ1v) is 12.2. The highest BCUT2D eigenvalue weighted by atomic mass is 19.1. The van der Waals surface area contributed by atoms with Crippen LogP contribution in [0.5, 0.6) is 5.75 Å². The number of aromatic nitrogens is 2. The van der Waals surface area contributed by atoms with Gasteiger partial charge in [-0.1, -0.05) is 38.1 Å². The fourth-order valence-corrected chi connectivity index (χ4v) is 4.07. The number of unbranched alkanes of at least 4 members (excludes halogenated alkanes) is 1. The molecule has 0 atom stereocenters. The summed E-state index contributed by atoms with van der Waals surface area (Å²) in [5, 5.41) is 2.91. The number of aryl methyl sites for hydroxylation is 1. The Morgan fingerprint density at radius 3 is 2.49 bits per heavy atom. The van der Waals surface area contributed by atoms with Crippen LogP contribution in [0.4, 0.5) is 4.39 Å². The lowest BCUT2D eigenvalue weighted by Crippen LogP contribution is -2.26. The third-order valence-corrected chi connectivity index (χ3v) is 6.07. The van der Waals surface area contributed by atoms with Gasteiger partial charge in [-0.3, -0.25) is 4.79 Å². The lowest BCUT2D eigenvalue weighted by Gasteiger charge is -2.11. The Morgan fingerprint density at radius 2 is 1.74 bits per heavy atom. The molecule has 1 N–H and O–H groups in total. The van der Waals surface area contributed by atoms with Gasteiger partial charge in [-0.2, -0.15) is 0 Å². The van der Waals surface area contributed by atoms with Gasteiger partial charge in [0.2, 0.25) is 0 Å². The zero-order valence-corrected chi connectivity index (χ0v) is 20.3. The first kappa shape index (κ1) is 24.5. The predicted octanol–water partition coefficient (Wildman–Crippen LogP) is 6.13. The van der Waals surface area contributed by atoms with Crippen LogP contribution in [-0.4, -0.2) is 28.6 Å². The molecule has 6 heteroatoms. The number of carbonyl (C=O) groups is 1. The number of halogens is 1. The maximum atomic E-state index is 13.1. The molecule has 5 nitrogen and oxygen atoms in total. The average Bonchev–Trinajstić information content (AvgIpc) is 3.21. The van der Waals surface area contributed by atoms with Crippen LogP contribution in [0.15, 0.2) is 72.8 Å². The van der Waals surface area contributed by atoms with E-state index in [9.17, 15) is 9.18 Å². The molecule has 0 fully saturated rings. The second-order valence-corrected chi connectivity index (χ2v) is 8.96. The molecule has 0 radical (unpaired) electrons. The number of hydrogen-bond acceptors (Lipinski definition) is 3. The van der Waals surface area contributed by atoms with Gasteiger partial charge in [0.1, 0.15) is 17.4 Å². The minimum absolute atomic E-state index is 0.216. The number of fused-ring (bicyclic) bond motifs is 1. The molecule has 0 saturated heterocycles. The molecular formula is C29H32FN3O2. The first-order valence-electron chi connectivity index (χ1n) is 12.2. The van der Waals surface area contributed by atoms with Gasteiger partial charge >= 0.3 is 0 Å². The molecular weight excluding hydrogens is 441 g/mol. The monoisotopic (exact) mass is 473 g/mol. The van der Waals surface area contributed by atoms with E-state index in [0.717, 1.165) is 42.0 Å². The standard InChI is InChI=1S/C29H32FN3O2/c1-21(2)22-11-15-25(16-12-22)35-20-6-5-19-33-27-8-4-3-7-26(27)32-28(33)17-18-31-29(34)23-9-13-24(30)14-10-23/h3-4,7-16,21H,5-6,17-20H2,1-2H3,(H,31,34). The van der Waals surface area contributed by atoms with E-state index in [4.69, 9.17) is 9.72 Å². The summed E-state index contributed by atoms with van der Waals surface area (Å²) in [5.74, 6) is 1.78. The van der Waals surface area contributed by atoms with Gasteiger partial charge in [0, 0.05) is 25.1 Å². The summed E-state index contributed by atoms with van der Waals surface area (Å²) < 4.78 is 21.3. The van der Waals surface area contributed by atoms with Crippen LogP contribution >= 0.6 is 0 Å². The van der Waals surface area contributed by atoms with E-state index in [-0.39, 0.29) is 11.7 Å². The number of para-hydroxylation sites is 2. The van der Waals surface area contributed by atoms with Crippen LogP contribution in [0.25, 0.3) is 11.0 Å². The van der Waals surface area contributed by atoms with E-state index < -0.39 is 0 Å². The molecule has 4 aromatic rings. The Morgan fingerprint density at radius 1 is 1.00 bits per heavy atom. The van der Waals surface area contributed by atoms with E-state index in [1.165, 1.54) is 29.8 Å². The number of nitrogens with zero attached hydrogens (tertiary/aromatic N) is 2. The zero-order chi connectivity index (χ0) is 24.6. The highest BCUT2D eigenvalue weighted by Crippen LogP contribution is 2.20. The van der Waals surface area contributed by atoms with Crippen LogP contribution < -0.4 is 10.1 Å². The molecule has 1 aromatic heterocycles. The maximum absolute atomic E-state index is 13.1. The number of amides is 1. The van der Waals surface area contributed by atoms with Crippen LogP contribution in [0.1, 0.15) is 54.4 Å². The van der Waals surface area contributed by atoms with Gasteiger partial charge < -0.3 is 14.6 Å². The summed E-state index contributed by atoms with van der Waals surface area (Å²) in [6.07, 6.45) is 2.50. The molecule has 4 rings (SSSR count). The summed E-state index contributed by atoms with van der Waals surface area (Å²) in [6.45, 7) is 6.32. The number of carbonyl (C=O) groups excluding carboxylic acids is 1. The normalized spacial score (nSPS) is 11.2. The second kappa shape index (κ2) is 11.6. The smallest absolute Gasteiger partial charge is 0.251 e. The Labute approximate surface area is 206 Å². The summed E-state index contributed by atoms with van der Waals surface area (Å²) >= 11 is 0. The van der Waals surface area contributed by atoms with Crippen LogP contribution in [-0.2, 0) is 13.0 Å². The Kier molecular flexibility index (Phi) is 8.14. The van der Waals surface area contributed by atoms with Gasteiger partial charge in [0.05, 0.1) is 17.6 Å². The Balaban J connectivity index is 1.30. The third kappa shape index (κ3) is 6.47. The van der Waals surface area contributed by atoms with Gasteiger partial charge in [-0.05, 0) is 72.9 Å². The van der Waals surface area contributed by atoms with E-state index in [1.807, 2.05) is 30.3 Å². The number of benzene rings is 3. The van der Waals surface area contributed by atoms with Crippen molar-refractivity contribution >= 4 is 16.9 Å². The number of ether oxygens (including phenoxy) is 1. The predicted molar refractivity (Wildman–Crippen MR) is 137 cm³/mol. The SMILES string of the molecule is CC(C)c1ccc(OCCCCn2c(CCNC(=O)c3ccc(F)cc3)nc3ccccc32)cc1. The van der Waals surface area contributed by atoms with E-state index >= 15 is 0 Å². The molecule has 3 aromatic carbocycles. The minimum Gasteiger partial charge on any atom is -0.494 e. The molecule has 35 heavy (non-hydrogen) atoms. The highest BCUT2D eigenvalue weighted by molar-refractivity contribution is 5.94. The van der Waals surface area contributed by atoms with Crippen molar-refractivity contribution in [1.82, 2.24) is 14.9 Å². The average molecular weight is 474 g/mol. The third-order valence-electron chi connectivity index (χ3n) is 6.07. The van der Waals surface area contributed by atoms with Crippen LogP contribution in [0.3, 0.4) is 0 Å². The zero-order valence-electron chi connectivity index (χ0n) is 20.3. The fraction of sp³-hybridized carbons (Fsp3) is 0.310. The lowest BCUT2D eigenvalue weighted by atomic mass is 10.0. The van der Waals surface area contributed by atoms with Crippen molar-refractivity contribution in [2.45, 2.75) is 45.6 Å². The molecule has 0 aliphatic rings. The summed E-state index contributed by atoms with van der Waals surface area (Å²) in [5.41, 5.74) is 3.80. The van der Waals surface area contributed by atoms with Crippen molar-refractivity contribution in [3.8, 4) is 5.75 Å². The number of imidazole rings is 1. The van der Waals surface area contributed by atoms with Crippen molar-refractivity contribution in [3.05, 3.63) is 95.6 Å². The molecule has 0 aliphatic carbocycles. The molecule has 0 saturated carbocycles. The molecule has 182 valence electrons. The highest BCUT2D eigenvalue weighted by Gasteiger charge is 2.11. The Bertz CT molecular complexity index is 1250. The van der Waals surface area contributed by atoms with Crippen LogP contribution in [0.2, 0.25) is 0 Å². The van der Waals surface area contributed by atoms with Crippen molar-refractivity contribution in [1.29, 1.82) is 0 Å². The summed E-state index contributed by atoms with van der Waals surface area (Å²) in [7, 11) is 0. The summed E-state index contributed by atoms with van der Waals surface area (Å²) in [6, 6.07) is 22.0. The van der Waals surface area contributed by atoms with Gasteiger partial charge in [-0.25, -0.2) is 9.37 Å². The van der Waals surface area contributed by atoms with Crippen LogP contribution in [0, 0.1) is 5.82 Å². The quantitative estimate of drug-likeness (QED) is 0.267.